The van der Waals surface area contributed by atoms with Crippen molar-refractivity contribution in [3.8, 4) is 0 Å². The molecular weight excluding hydrogens is 244 g/mol. The molecule has 1 N–H and O–H groups in total. The normalized spacial score (nSPS) is 10.0. The molecule has 7 nitrogen and oxygen atoms in total. The van der Waals surface area contributed by atoms with Crippen molar-refractivity contribution in [2.24, 2.45) is 7.05 Å². The summed E-state index contributed by atoms with van der Waals surface area (Å²) < 4.78 is 6.39. The lowest BCUT2D eigenvalue weighted by Crippen LogP contribution is -2.31. The number of rotatable bonds is 6. The van der Waals surface area contributed by atoms with E-state index in [4.69, 9.17) is 0 Å². The van der Waals surface area contributed by atoms with Crippen molar-refractivity contribution >= 4 is 23.6 Å². The summed E-state index contributed by atoms with van der Waals surface area (Å²) in [5, 5.41) is 10.6. The minimum Gasteiger partial charge on any atom is -0.465 e. The molecule has 0 aliphatic heterocycles. The van der Waals surface area contributed by atoms with Gasteiger partial charge in [-0.1, -0.05) is 11.8 Å². The van der Waals surface area contributed by atoms with Gasteiger partial charge in [-0.2, -0.15) is 0 Å². The van der Waals surface area contributed by atoms with Gasteiger partial charge in [0.05, 0.1) is 12.4 Å². The van der Waals surface area contributed by atoms with Crippen LogP contribution in [0.15, 0.2) is 11.5 Å². The molecule has 94 valence electrons. The van der Waals surface area contributed by atoms with Crippen LogP contribution in [-0.2, 0) is 21.4 Å². The van der Waals surface area contributed by atoms with Gasteiger partial charge in [0, 0.05) is 7.05 Å². The summed E-state index contributed by atoms with van der Waals surface area (Å²) in [5.74, 6) is -0.498. The Labute approximate surface area is 103 Å². The van der Waals surface area contributed by atoms with E-state index in [9.17, 15) is 9.59 Å². The van der Waals surface area contributed by atoms with Crippen LogP contribution in [-0.4, -0.2) is 45.5 Å². The fourth-order valence-electron chi connectivity index (χ4n) is 0.967. The monoisotopic (exact) mass is 258 g/mol. The highest BCUT2D eigenvalue weighted by Gasteiger charge is 2.08. The second-order valence-corrected chi connectivity index (χ2v) is 4.04. The van der Waals surface area contributed by atoms with E-state index in [-0.39, 0.29) is 18.2 Å². The topological polar surface area (TPSA) is 86.1 Å². The number of hydrogen-bond acceptors (Lipinski definition) is 6. The molecule has 0 radical (unpaired) electrons. The summed E-state index contributed by atoms with van der Waals surface area (Å²) in [6.45, 7) is 1.91. The lowest BCUT2D eigenvalue weighted by Gasteiger charge is -2.04. The molecule has 0 aliphatic carbocycles. The zero-order valence-corrected chi connectivity index (χ0v) is 10.5. The first-order valence-electron chi connectivity index (χ1n) is 5.02. The summed E-state index contributed by atoms with van der Waals surface area (Å²) >= 11 is 1.25. The molecular formula is C9H14N4O3S. The van der Waals surface area contributed by atoms with Crippen LogP contribution >= 0.6 is 11.8 Å². The largest absolute Gasteiger partial charge is 0.465 e. The Kier molecular flexibility index (Phi) is 5.47. The lowest BCUT2D eigenvalue weighted by molar-refractivity contribution is -0.143. The Balaban J connectivity index is 2.22. The van der Waals surface area contributed by atoms with Crippen molar-refractivity contribution in [3.63, 3.8) is 0 Å². The molecule has 0 bridgehead atoms. The standard InChI is InChI=1S/C9H14N4O3S/c1-3-16-8(15)4-10-7(14)5-17-9-12-11-6-13(9)2/h6H,3-5H2,1-2H3,(H,10,14). The molecule has 8 heteroatoms. The first-order valence-corrected chi connectivity index (χ1v) is 6.01. The average Bonchev–Trinajstić information content (AvgIpc) is 2.70. The van der Waals surface area contributed by atoms with Crippen LogP contribution in [0.4, 0.5) is 0 Å². The molecule has 1 rings (SSSR count). The zero-order chi connectivity index (χ0) is 12.7. The van der Waals surface area contributed by atoms with Crippen LogP contribution in [0, 0.1) is 0 Å². The van der Waals surface area contributed by atoms with Gasteiger partial charge in [0.1, 0.15) is 12.9 Å². The zero-order valence-electron chi connectivity index (χ0n) is 9.67. The molecule has 0 saturated heterocycles. The summed E-state index contributed by atoms with van der Waals surface area (Å²) in [5.41, 5.74) is 0. The van der Waals surface area contributed by atoms with Crippen molar-refractivity contribution in [1.82, 2.24) is 20.1 Å². The first kappa shape index (κ1) is 13.5. The van der Waals surface area contributed by atoms with Crippen molar-refractivity contribution in [2.45, 2.75) is 12.1 Å². The molecule has 17 heavy (non-hydrogen) atoms. The van der Waals surface area contributed by atoms with Gasteiger partial charge in [-0.3, -0.25) is 9.59 Å². The number of thioether (sulfide) groups is 1. The maximum Gasteiger partial charge on any atom is 0.325 e. The van der Waals surface area contributed by atoms with E-state index >= 15 is 0 Å². The van der Waals surface area contributed by atoms with Crippen molar-refractivity contribution in [2.75, 3.05) is 18.9 Å². The van der Waals surface area contributed by atoms with E-state index in [0.29, 0.717) is 11.8 Å². The van der Waals surface area contributed by atoms with Crippen molar-refractivity contribution < 1.29 is 14.3 Å². The molecule has 0 aliphatic rings. The number of carbonyl (C=O) groups excluding carboxylic acids is 2. The summed E-state index contributed by atoms with van der Waals surface area (Å²) in [4.78, 5) is 22.3. The fourth-order valence-corrected chi connectivity index (χ4v) is 1.69. The quantitative estimate of drug-likeness (QED) is 0.551. The van der Waals surface area contributed by atoms with Crippen LogP contribution in [0.2, 0.25) is 0 Å². The number of ether oxygens (including phenoxy) is 1. The van der Waals surface area contributed by atoms with Crippen LogP contribution in [0.1, 0.15) is 6.92 Å². The number of nitrogens with zero attached hydrogens (tertiary/aromatic N) is 3. The molecule has 1 heterocycles. The summed E-state index contributed by atoms with van der Waals surface area (Å²) in [6.07, 6.45) is 1.55. The molecule has 0 fully saturated rings. The third-order valence-electron chi connectivity index (χ3n) is 1.74. The molecule has 1 aromatic rings. The van der Waals surface area contributed by atoms with Gasteiger partial charge in [-0.05, 0) is 6.92 Å². The van der Waals surface area contributed by atoms with Gasteiger partial charge in [-0.25, -0.2) is 0 Å². The van der Waals surface area contributed by atoms with Gasteiger partial charge < -0.3 is 14.6 Å². The van der Waals surface area contributed by atoms with Gasteiger partial charge in [-0.15, -0.1) is 10.2 Å². The van der Waals surface area contributed by atoms with E-state index in [1.54, 1.807) is 24.9 Å². The molecule has 1 aromatic heterocycles. The number of aryl methyl sites for hydroxylation is 1. The van der Waals surface area contributed by atoms with Crippen LogP contribution in [0.25, 0.3) is 0 Å². The molecule has 0 spiro atoms. The molecule has 1 amide bonds. The Morgan fingerprint density at radius 3 is 2.94 bits per heavy atom. The number of aromatic nitrogens is 3. The molecule has 0 saturated carbocycles. The smallest absolute Gasteiger partial charge is 0.325 e. The van der Waals surface area contributed by atoms with Gasteiger partial charge in [0.15, 0.2) is 5.16 Å². The maximum atomic E-state index is 11.4. The second kappa shape index (κ2) is 6.89. The van der Waals surface area contributed by atoms with E-state index in [1.807, 2.05) is 0 Å². The predicted octanol–water partition coefficient (Wildman–Crippen LogP) is -0.413. The number of nitrogens with one attached hydrogen (secondary N) is 1. The average molecular weight is 258 g/mol. The minimum absolute atomic E-state index is 0.105. The number of esters is 1. The van der Waals surface area contributed by atoms with E-state index in [0.717, 1.165) is 0 Å². The Bertz CT molecular complexity index is 393. The van der Waals surface area contributed by atoms with E-state index in [2.05, 4.69) is 20.3 Å². The minimum atomic E-state index is -0.440. The van der Waals surface area contributed by atoms with Crippen molar-refractivity contribution in [3.05, 3.63) is 6.33 Å². The van der Waals surface area contributed by atoms with Gasteiger partial charge in [0.2, 0.25) is 5.91 Å². The Morgan fingerprint density at radius 1 is 1.59 bits per heavy atom. The SMILES string of the molecule is CCOC(=O)CNC(=O)CSc1nncn1C. The summed E-state index contributed by atoms with van der Waals surface area (Å²) in [7, 11) is 1.79. The van der Waals surface area contributed by atoms with E-state index < -0.39 is 5.97 Å². The lowest BCUT2D eigenvalue weighted by atomic mass is 10.6. The van der Waals surface area contributed by atoms with Gasteiger partial charge in [0.25, 0.3) is 0 Å². The summed E-state index contributed by atoms with van der Waals surface area (Å²) in [6, 6.07) is 0. The number of hydrogen-bond donors (Lipinski definition) is 1. The van der Waals surface area contributed by atoms with Gasteiger partial charge >= 0.3 is 5.97 Å². The number of carbonyl (C=O) groups is 2. The van der Waals surface area contributed by atoms with Crippen LogP contribution in [0.3, 0.4) is 0 Å². The highest BCUT2D eigenvalue weighted by atomic mass is 32.2. The fraction of sp³-hybridized carbons (Fsp3) is 0.556. The molecule has 0 unspecified atom stereocenters. The Morgan fingerprint density at radius 2 is 2.35 bits per heavy atom. The highest BCUT2D eigenvalue weighted by Crippen LogP contribution is 2.12. The number of amides is 1. The molecule has 0 aromatic carbocycles. The third-order valence-corrected chi connectivity index (χ3v) is 2.77. The Hall–Kier alpha value is -1.57. The maximum absolute atomic E-state index is 11.4. The van der Waals surface area contributed by atoms with Crippen LogP contribution < -0.4 is 5.32 Å². The first-order chi connectivity index (χ1) is 8.13. The van der Waals surface area contributed by atoms with Crippen molar-refractivity contribution in [1.29, 1.82) is 0 Å². The molecule has 0 atom stereocenters. The second-order valence-electron chi connectivity index (χ2n) is 3.09. The van der Waals surface area contributed by atoms with E-state index in [1.165, 1.54) is 11.8 Å². The predicted molar refractivity (Wildman–Crippen MR) is 61.4 cm³/mol. The third kappa shape index (κ3) is 4.85. The van der Waals surface area contributed by atoms with Crippen LogP contribution in [0.5, 0.6) is 0 Å². The highest BCUT2D eigenvalue weighted by molar-refractivity contribution is 7.99.